The molecule has 0 radical (unpaired) electrons. The largest absolute Gasteiger partial charge is 0.493 e. The summed E-state index contributed by atoms with van der Waals surface area (Å²) in [4.78, 5) is 12.1. The highest BCUT2D eigenvalue weighted by atomic mass is 79.9. The topological polar surface area (TPSA) is 59.9 Å². The van der Waals surface area contributed by atoms with Gasteiger partial charge in [0.25, 0.3) is 0 Å². The molecule has 126 valence electrons. The summed E-state index contributed by atoms with van der Waals surface area (Å²) >= 11 is 3.39. The number of nitrogens with one attached hydrogen (secondary N) is 1. The Hall–Kier alpha value is -2.34. The number of hydrogen-bond acceptors (Lipinski definition) is 4. The molecule has 0 atom stereocenters. The molecular weight excluding hydrogens is 372 g/mol. The van der Waals surface area contributed by atoms with Crippen LogP contribution in [0.5, 0.6) is 11.5 Å². The van der Waals surface area contributed by atoms with E-state index in [0.29, 0.717) is 11.5 Å². The van der Waals surface area contributed by atoms with Crippen LogP contribution in [0.15, 0.2) is 52.0 Å². The highest BCUT2D eigenvalue weighted by Crippen LogP contribution is 2.27. The molecule has 1 N–H and O–H groups in total. The Morgan fingerprint density at radius 1 is 1.08 bits per heavy atom. The van der Waals surface area contributed by atoms with E-state index in [-0.39, 0.29) is 12.3 Å². The number of hydrogen-bond donors (Lipinski definition) is 1. The maximum absolute atomic E-state index is 12.1. The zero-order valence-electron chi connectivity index (χ0n) is 13.8. The molecule has 0 heterocycles. The van der Waals surface area contributed by atoms with Crippen molar-refractivity contribution in [2.24, 2.45) is 5.10 Å². The molecule has 0 fully saturated rings. The number of carbonyl (C=O) groups excluding carboxylic acids is 1. The Labute approximate surface area is 149 Å². The van der Waals surface area contributed by atoms with E-state index in [4.69, 9.17) is 9.47 Å². The predicted molar refractivity (Wildman–Crippen MR) is 97.7 cm³/mol. The number of ether oxygens (including phenoxy) is 2. The molecule has 0 saturated carbocycles. The second-order valence-corrected chi connectivity index (χ2v) is 6.02. The summed E-state index contributed by atoms with van der Waals surface area (Å²) in [6.07, 6.45) is 0.206. The molecule has 2 aromatic rings. The van der Waals surface area contributed by atoms with Crippen LogP contribution in [0, 0.1) is 0 Å². The summed E-state index contributed by atoms with van der Waals surface area (Å²) in [5.74, 6) is 1.03. The summed E-state index contributed by atoms with van der Waals surface area (Å²) in [7, 11) is 3.14. The van der Waals surface area contributed by atoms with Gasteiger partial charge in [0, 0.05) is 4.47 Å². The Morgan fingerprint density at radius 3 is 2.38 bits per heavy atom. The molecule has 0 aromatic heterocycles. The van der Waals surface area contributed by atoms with E-state index < -0.39 is 0 Å². The molecule has 5 nitrogen and oxygen atoms in total. The van der Waals surface area contributed by atoms with Crippen molar-refractivity contribution in [3.05, 3.63) is 58.1 Å². The summed E-state index contributed by atoms with van der Waals surface area (Å²) in [6.45, 7) is 1.85. The van der Waals surface area contributed by atoms with Gasteiger partial charge >= 0.3 is 0 Å². The fourth-order valence-corrected chi connectivity index (χ4v) is 2.38. The predicted octanol–water partition coefficient (Wildman–Crippen LogP) is 3.55. The van der Waals surface area contributed by atoms with E-state index in [9.17, 15) is 4.79 Å². The summed E-state index contributed by atoms with van der Waals surface area (Å²) in [5.41, 5.74) is 5.08. The average Bonchev–Trinajstić information content (AvgIpc) is 2.60. The third-order valence-electron chi connectivity index (χ3n) is 3.42. The van der Waals surface area contributed by atoms with Gasteiger partial charge in [0.05, 0.1) is 26.4 Å². The smallest absolute Gasteiger partial charge is 0.244 e. The van der Waals surface area contributed by atoms with Gasteiger partial charge in [0.2, 0.25) is 5.91 Å². The van der Waals surface area contributed by atoms with Crippen molar-refractivity contribution in [3.8, 4) is 11.5 Å². The minimum Gasteiger partial charge on any atom is -0.493 e. The second kappa shape index (κ2) is 8.49. The molecule has 0 unspecified atom stereocenters. The Balaban J connectivity index is 2.00. The van der Waals surface area contributed by atoms with Crippen molar-refractivity contribution in [3.63, 3.8) is 0 Å². The molecule has 0 saturated heterocycles. The van der Waals surface area contributed by atoms with Crippen molar-refractivity contribution in [2.45, 2.75) is 13.3 Å². The quantitative estimate of drug-likeness (QED) is 0.605. The Morgan fingerprint density at radius 2 is 1.75 bits per heavy atom. The highest BCUT2D eigenvalue weighted by Gasteiger charge is 2.08. The van der Waals surface area contributed by atoms with Crippen molar-refractivity contribution in [1.82, 2.24) is 5.43 Å². The number of carbonyl (C=O) groups is 1. The molecule has 2 aromatic carbocycles. The standard InChI is InChI=1S/C18H19BrN2O3/c1-12(14-5-7-15(19)8-6-14)20-21-18(22)11-13-4-9-16(23-2)17(10-13)24-3/h4-10H,11H2,1-3H3,(H,21,22)/b20-12-. The van der Waals surface area contributed by atoms with Gasteiger partial charge in [0.1, 0.15) is 0 Å². The van der Waals surface area contributed by atoms with E-state index in [0.717, 1.165) is 21.3 Å². The molecule has 0 spiro atoms. The van der Waals surface area contributed by atoms with Crippen LogP contribution in [0.25, 0.3) is 0 Å². The highest BCUT2D eigenvalue weighted by molar-refractivity contribution is 9.10. The first-order valence-corrected chi connectivity index (χ1v) is 8.12. The number of nitrogens with zero attached hydrogens (tertiary/aromatic N) is 1. The van der Waals surface area contributed by atoms with Gasteiger partial charge in [0.15, 0.2) is 11.5 Å². The second-order valence-electron chi connectivity index (χ2n) is 5.11. The average molecular weight is 391 g/mol. The molecular formula is C18H19BrN2O3. The Bertz CT molecular complexity index is 742. The van der Waals surface area contributed by atoms with Crippen LogP contribution in [0.4, 0.5) is 0 Å². The molecule has 0 aliphatic rings. The van der Waals surface area contributed by atoms with Gasteiger partial charge in [-0.2, -0.15) is 5.10 Å². The van der Waals surface area contributed by atoms with Gasteiger partial charge in [-0.25, -0.2) is 5.43 Å². The third-order valence-corrected chi connectivity index (χ3v) is 3.95. The van der Waals surface area contributed by atoms with E-state index in [2.05, 4.69) is 26.5 Å². The number of halogens is 1. The van der Waals surface area contributed by atoms with Crippen LogP contribution in [-0.4, -0.2) is 25.8 Å². The van der Waals surface area contributed by atoms with Gasteiger partial charge in [-0.1, -0.05) is 34.1 Å². The lowest BCUT2D eigenvalue weighted by Crippen LogP contribution is -2.21. The lowest BCUT2D eigenvalue weighted by molar-refractivity contribution is -0.120. The van der Waals surface area contributed by atoms with E-state index >= 15 is 0 Å². The van der Waals surface area contributed by atoms with E-state index in [1.54, 1.807) is 26.4 Å². The zero-order valence-corrected chi connectivity index (χ0v) is 15.4. The SMILES string of the molecule is COc1ccc(CC(=O)N/N=C(/C)c2ccc(Br)cc2)cc1OC. The van der Waals surface area contributed by atoms with Gasteiger partial charge in [-0.3, -0.25) is 4.79 Å². The summed E-state index contributed by atoms with van der Waals surface area (Å²) in [6, 6.07) is 13.1. The maximum atomic E-state index is 12.1. The molecule has 0 bridgehead atoms. The van der Waals surface area contributed by atoms with Crippen LogP contribution >= 0.6 is 15.9 Å². The van der Waals surface area contributed by atoms with Crippen LogP contribution in [0.1, 0.15) is 18.1 Å². The molecule has 0 aliphatic heterocycles. The number of amides is 1. The van der Waals surface area contributed by atoms with Crippen molar-refractivity contribution in [2.75, 3.05) is 14.2 Å². The first-order valence-electron chi connectivity index (χ1n) is 7.33. The van der Waals surface area contributed by atoms with Crippen LogP contribution < -0.4 is 14.9 Å². The fraction of sp³-hybridized carbons (Fsp3) is 0.222. The fourth-order valence-electron chi connectivity index (χ4n) is 2.12. The molecule has 6 heteroatoms. The van der Waals surface area contributed by atoms with Crippen LogP contribution in [0.2, 0.25) is 0 Å². The van der Waals surface area contributed by atoms with Crippen LogP contribution in [-0.2, 0) is 11.2 Å². The van der Waals surface area contributed by atoms with Gasteiger partial charge in [-0.15, -0.1) is 0 Å². The normalized spacial score (nSPS) is 11.1. The van der Waals surface area contributed by atoms with Crippen molar-refractivity contribution < 1.29 is 14.3 Å². The maximum Gasteiger partial charge on any atom is 0.244 e. The first kappa shape index (κ1) is 18.0. The lowest BCUT2D eigenvalue weighted by Gasteiger charge is -2.09. The number of benzene rings is 2. The molecule has 1 amide bonds. The van der Waals surface area contributed by atoms with Crippen LogP contribution in [0.3, 0.4) is 0 Å². The molecule has 0 aliphatic carbocycles. The van der Waals surface area contributed by atoms with Gasteiger partial charge < -0.3 is 9.47 Å². The molecule has 2 rings (SSSR count). The van der Waals surface area contributed by atoms with E-state index in [1.807, 2.05) is 37.3 Å². The van der Waals surface area contributed by atoms with Gasteiger partial charge in [-0.05, 0) is 42.3 Å². The summed E-state index contributed by atoms with van der Waals surface area (Å²) in [5, 5.41) is 4.14. The van der Waals surface area contributed by atoms with Crippen molar-refractivity contribution >= 4 is 27.5 Å². The van der Waals surface area contributed by atoms with E-state index in [1.165, 1.54) is 0 Å². The monoisotopic (exact) mass is 390 g/mol. The number of rotatable bonds is 6. The summed E-state index contributed by atoms with van der Waals surface area (Å²) < 4.78 is 11.4. The number of hydrazone groups is 1. The third kappa shape index (κ3) is 4.83. The minimum atomic E-state index is -0.196. The zero-order chi connectivity index (χ0) is 17.5. The minimum absolute atomic E-state index is 0.196. The Kier molecular flexibility index (Phi) is 6.37. The number of methoxy groups -OCH3 is 2. The molecule has 24 heavy (non-hydrogen) atoms. The lowest BCUT2D eigenvalue weighted by atomic mass is 10.1. The first-order chi connectivity index (χ1) is 11.5. The van der Waals surface area contributed by atoms with Crippen molar-refractivity contribution in [1.29, 1.82) is 0 Å².